The van der Waals surface area contributed by atoms with E-state index in [2.05, 4.69) is 6.07 Å². The van der Waals surface area contributed by atoms with Gasteiger partial charge in [0.2, 0.25) is 5.91 Å². The molecule has 2 heterocycles. The molecule has 3 aliphatic rings. The zero-order valence-corrected chi connectivity index (χ0v) is 12.5. The summed E-state index contributed by atoms with van der Waals surface area (Å²) >= 11 is 1.72. The summed E-state index contributed by atoms with van der Waals surface area (Å²) in [5.74, 6) is 1.11. The van der Waals surface area contributed by atoms with Gasteiger partial charge in [-0.3, -0.25) is 4.79 Å². The molecular formula is C13H20ClN3OS. The van der Waals surface area contributed by atoms with Crippen LogP contribution < -0.4 is 5.73 Å². The van der Waals surface area contributed by atoms with Crippen molar-refractivity contribution in [2.75, 3.05) is 5.75 Å². The van der Waals surface area contributed by atoms with Gasteiger partial charge < -0.3 is 10.6 Å². The molecule has 1 amide bonds. The van der Waals surface area contributed by atoms with Crippen molar-refractivity contribution in [2.45, 2.75) is 55.5 Å². The minimum atomic E-state index is -0.687. The predicted molar refractivity (Wildman–Crippen MR) is 77.9 cm³/mol. The van der Waals surface area contributed by atoms with E-state index < -0.39 is 5.54 Å². The van der Waals surface area contributed by atoms with Crippen LogP contribution >= 0.6 is 24.2 Å². The van der Waals surface area contributed by atoms with Crippen molar-refractivity contribution in [1.82, 2.24) is 4.90 Å². The number of amides is 1. The fraction of sp³-hybridized carbons (Fsp3) is 0.846. The normalized spacial score (nSPS) is 38.7. The second-order valence-corrected chi connectivity index (χ2v) is 6.94. The van der Waals surface area contributed by atoms with E-state index in [-0.39, 0.29) is 29.7 Å². The van der Waals surface area contributed by atoms with Gasteiger partial charge in [0.1, 0.15) is 11.6 Å². The topological polar surface area (TPSA) is 70.1 Å². The minimum absolute atomic E-state index is 0. The molecular weight excluding hydrogens is 282 g/mol. The molecule has 2 aliphatic heterocycles. The van der Waals surface area contributed by atoms with Gasteiger partial charge in [0.25, 0.3) is 0 Å². The molecule has 1 aliphatic carbocycles. The van der Waals surface area contributed by atoms with E-state index in [9.17, 15) is 4.79 Å². The van der Waals surface area contributed by atoms with Crippen LogP contribution in [-0.4, -0.2) is 33.5 Å². The van der Waals surface area contributed by atoms with Crippen LogP contribution in [0.2, 0.25) is 0 Å². The highest BCUT2D eigenvalue weighted by molar-refractivity contribution is 8.00. The van der Waals surface area contributed by atoms with Gasteiger partial charge in [0, 0.05) is 12.2 Å². The summed E-state index contributed by atoms with van der Waals surface area (Å²) < 4.78 is 0. The second kappa shape index (κ2) is 5.51. The first-order valence-corrected chi connectivity index (χ1v) is 7.84. The Kier molecular flexibility index (Phi) is 4.34. The van der Waals surface area contributed by atoms with Crippen LogP contribution in [0.4, 0.5) is 0 Å². The highest BCUT2D eigenvalue weighted by Gasteiger charge is 2.57. The van der Waals surface area contributed by atoms with Crippen LogP contribution in [0.1, 0.15) is 38.5 Å². The van der Waals surface area contributed by atoms with Gasteiger partial charge in [-0.25, -0.2) is 0 Å². The first-order chi connectivity index (χ1) is 8.66. The fourth-order valence-corrected chi connectivity index (χ4v) is 5.10. The Bertz CT molecular complexity index is 407. The number of thioether (sulfide) groups is 1. The average Bonchev–Trinajstić information content (AvgIpc) is 2.91. The number of fused-ring (bicyclic) bond motifs is 1. The Morgan fingerprint density at radius 3 is 2.68 bits per heavy atom. The molecule has 3 atom stereocenters. The molecule has 0 aromatic heterocycles. The lowest BCUT2D eigenvalue weighted by Gasteiger charge is -2.35. The summed E-state index contributed by atoms with van der Waals surface area (Å²) in [4.78, 5) is 14.4. The molecule has 0 spiro atoms. The van der Waals surface area contributed by atoms with Crippen molar-refractivity contribution in [3.8, 4) is 6.07 Å². The molecule has 0 radical (unpaired) electrons. The lowest BCUT2D eigenvalue weighted by atomic mass is 9.74. The standard InChI is InChI=1S/C13H19N3OS.ClH/c14-7-10-8-18-11-6-13(15,12(17)16(10)11)9-4-2-1-3-5-9;/h9-11H,1-6,8,15H2;1H/t10-,11+,13+;/m1./s1. The van der Waals surface area contributed by atoms with Crippen LogP contribution in [0.25, 0.3) is 0 Å². The zero-order chi connectivity index (χ0) is 12.8. The van der Waals surface area contributed by atoms with E-state index in [1.807, 2.05) is 0 Å². The summed E-state index contributed by atoms with van der Waals surface area (Å²) in [7, 11) is 0. The van der Waals surface area contributed by atoms with Crippen LogP contribution in [-0.2, 0) is 4.79 Å². The lowest BCUT2D eigenvalue weighted by Crippen LogP contribution is -2.55. The van der Waals surface area contributed by atoms with Gasteiger partial charge in [-0.05, 0) is 18.8 Å². The van der Waals surface area contributed by atoms with Crippen molar-refractivity contribution >= 4 is 30.1 Å². The van der Waals surface area contributed by atoms with E-state index in [0.717, 1.165) is 25.0 Å². The number of nitrogens with two attached hydrogens (primary N) is 1. The zero-order valence-electron chi connectivity index (χ0n) is 10.9. The molecule has 0 unspecified atom stereocenters. The third-order valence-corrected chi connectivity index (χ3v) is 6.01. The lowest BCUT2D eigenvalue weighted by molar-refractivity contribution is -0.135. The fourth-order valence-electron chi connectivity index (χ4n) is 3.67. The summed E-state index contributed by atoms with van der Waals surface area (Å²) in [5, 5.41) is 9.26. The van der Waals surface area contributed by atoms with E-state index in [1.54, 1.807) is 16.7 Å². The van der Waals surface area contributed by atoms with Crippen molar-refractivity contribution in [3.05, 3.63) is 0 Å². The van der Waals surface area contributed by atoms with Gasteiger partial charge in [-0.15, -0.1) is 24.2 Å². The number of hydrogen-bond donors (Lipinski definition) is 1. The molecule has 19 heavy (non-hydrogen) atoms. The molecule has 3 rings (SSSR count). The minimum Gasteiger partial charge on any atom is -0.317 e. The molecule has 2 N–H and O–H groups in total. The molecule has 6 heteroatoms. The SMILES string of the molecule is Cl.N#C[C@@H]1CS[C@H]2C[C@](N)(C3CCCCC3)C(=O)N12. The number of nitrogens with zero attached hydrogens (tertiary/aromatic N) is 2. The second-order valence-electron chi connectivity index (χ2n) is 5.72. The quantitative estimate of drug-likeness (QED) is 0.803. The third-order valence-electron chi connectivity index (χ3n) is 4.72. The number of hydrogen-bond acceptors (Lipinski definition) is 4. The summed E-state index contributed by atoms with van der Waals surface area (Å²) in [6.45, 7) is 0. The average molecular weight is 302 g/mol. The molecule has 0 bridgehead atoms. The summed E-state index contributed by atoms with van der Waals surface area (Å²) in [6, 6.07) is 1.97. The van der Waals surface area contributed by atoms with E-state index >= 15 is 0 Å². The maximum Gasteiger partial charge on any atom is 0.245 e. The van der Waals surface area contributed by atoms with Gasteiger partial charge in [0.15, 0.2) is 0 Å². The highest BCUT2D eigenvalue weighted by Crippen LogP contribution is 2.46. The first kappa shape index (κ1) is 15.0. The Balaban J connectivity index is 0.00000133. The van der Waals surface area contributed by atoms with Crippen molar-refractivity contribution in [1.29, 1.82) is 5.26 Å². The predicted octanol–water partition coefficient (Wildman–Crippen LogP) is 1.88. The van der Waals surface area contributed by atoms with Gasteiger partial charge >= 0.3 is 0 Å². The molecule has 3 fully saturated rings. The van der Waals surface area contributed by atoms with Crippen LogP contribution in [0.5, 0.6) is 0 Å². The molecule has 4 nitrogen and oxygen atoms in total. The number of carbonyl (C=O) groups excluding carboxylic acids is 1. The van der Waals surface area contributed by atoms with Gasteiger partial charge in [-0.1, -0.05) is 19.3 Å². The number of carbonyl (C=O) groups is 1. The largest absolute Gasteiger partial charge is 0.317 e. The molecule has 0 aromatic carbocycles. The molecule has 1 saturated carbocycles. The van der Waals surface area contributed by atoms with Crippen molar-refractivity contribution in [2.24, 2.45) is 11.7 Å². The number of nitriles is 1. The third kappa shape index (κ3) is 2.24. The Morgan fingerprint density at radius 1 is 1.37 bits per heavy atom. The molecule has 0 aromatic rings. The van der Waals surface area contributed by atoms with E-state index in [1.165, 1.54) is 19.3 Å². The Morgan fingerprint density at radius 2 is 2.05 bits per heavy atom. The first-order valence-electron chi connectivity index (χ1n) is 6.79. The molecule has 2 saturated heterocycles. The van der Waals surface area contributed by atoms with Crippen molar-refractivity contribution in [3.63, 3.8) is 0 Å². The number of halogens is 1. The van der Waals surface area contributed by atoms with Crippen LogP contribution in [0.15, 0.2) is 0 Å². The van der Waals surface area contributed by atoms with E-state index in [4.69, 9.17) is 11.0 Å². The Labute approximate surface area is 124 Å². The van der Waals surface area contributed by atoms with Gasteiger partial charge in [0.05, 0.1) is 11.4 Å². The maximum atomic E-state index is 12.6. The monoisotopic (exact) mass is 301 g/mol. The Hall–Kier alpha value is -0.440. The maximum absolute atomic E-state index is 12.6. The van der Waals surface area contributed by atoms with Crippen LogP contribution in [0, 0.1) is 17.2 Å². The molecule has 106 valence electrons. The summed E-state index contributed by atoms with van der Waals surface area (Å²) in [6.07, 6.45) is 6.53. The number of rotatable bonds is 1. The van der Waals surface area contributed by atoms with E-state index in [0.29, 0.717) is 5.92 Å². The van der Waals surface area contributed by atoms with Crippen LogP contribution in [0.3, 0.4) is 0 Å². The highest BCUT2D eigenvalue weighted by atomic mass is 35.5. The van der Waals surface area contributed by atoms with Crippen molar-refractivity contribution < 1.29 is 4.79 Å². The summed E-state index contributed by atoms with van der Waals surface area (Å²) in [5.41, 5.74) is 5.78. The van der Waals surface area contributed by atoms with Gasteiger partial charge in [-0.2, -0.15) is 5.26 Å². The smallest absolute Gasteiger partial charge is 0.245 e.